The van der Waals surface area contributed by atoms with Crippen molar-refractivity contribution in [2.24, 2.45) is 11.7 Å². The molecule has 0 aliphatic carbocycles. The van der Waals surface area contributed by atoms with E-state index in [0.29, 0.717) is 19.6 Å². The second-order valence-corrected chi connectivity index (χ2v) is 3.45. The summed E-state index contributed by atoms with van der Waals surface area (Å²) < 4.78 is 4.90. The highest BCUT2D eigenvalue weighted by Gasteiger charge is 2.15. The predicted octanol–water partition coefficient (Wildman–Crippen LogP) is 1.24. The standard InChI is InChI=1S/C10H21NO3/c1-14-8-3-2-5-9(10(12)13)6-4-7-11/h9H,2-8,11H2,1H3,(H,12,13). The van der Waals surface area contributed by atoms with E-state index in [2.05, 4.69) is 0 Å². The largest absolute Gasteiger partial charge is 0.481 e. The molecule has 4 nitrogen and oxygen atoms in total. The number of hydrogen-bond acceptors (Lipinski definition) is 3. The lowest BCUT2D eigenvalue weighted by Gasteiger charge is -2.10. The van der Waals surface area contributed by atoms with Crippen molar-refractivity contribution in [1.82, 2.24) is 0 Å². The Labute approximate surface area is 85.4 Å². The topological polar surface area (TPSA) is 72.5 Å². The van der Waals surface area contributed by atoms with Crippen molar-refractivity contribution >= 4 is 5.97 Å². The quantitative estimate of drug-likeness (QED) is 0.553. The monoisotopic (exact) mass is 203 g/mol. The smallest absolute Gasteiger partial charge is 0.306 e. The van der Waals surface area contributed by atoms with Gasteiger partial charge in [-0.15, -0.1) is 0 Å². The van der Waals surface area contributed by atoms with Gasteiger partial charge < -0.3 is 15.6 Å². The van der Waals surface area contributed by atoms with Crippen LogP contribution in [0, 0.1) is 5.92 Å². The van der Waals surface area contributed by atoms with Crippen LogP contribution in [0.1, 0.15) is 32.1 Å². The molecule has 0 saturated heterocycles. The summed E-state index contributed by atoms with van der Waals surface area (Å²) in [6.07, 6.45) is 4.07. The van der Waals surface area contributed by atoms with Gasteiger partial charge in [0.2, 0.25) is 0 Å². The van der Waals surface area contributed by atoms with Crippen molar-refractivity contribution in [2.45, 2.75) is 32.1 Å². The summed E-state index contributed by atoms with van der Waals surface area (Å²) in [6, 6.07) is 0. The van der Waals surface area contributed by atoms with Gasteiger partial charge >= 0.3 is 5.97 Å². The average Bonchev–Trinajstić information content (AvgIpc) is 2.16. The molecule has 0 aromatic rings. The predicted molar refractivity (Wildman–Crippen MR) is 55.1 cm³/mol. The lowest BCUT2D eigenvalue weighted by molar-refractivity contribution is -0.142. The minimum absolute atomic E-state index is 0.226. The molecule has 4 heteroatoms. The number of nitrogens with two attached hydrogens (primary N) is 1. The van der Waals surface area contributed by atoms with E-state index in [9.17, 15) is 4.79 Å². The van der Waals surface area contributed by atoms with E-state index >= 15 is 0 Å². The third kappa shape index (κ3) is 6.86. The van der Waals surface area contributed by atoms with E-state index in [4.69, 9.17) is 15.6 Å². The van der Waals surface area contributed by atoms with E-state index in [0.717, 1.165) is 25.7 Å². The molecule has 3 N–H and O–H groups in total. The molecule has 0 bridgehead atoms. The third-order valence-electron chi connectivity index (χ3n) is 2.26. The van der Waals surface area contributed by atoms with E-state index in [1.54, 1.807) is 7.11 Å². The summed E-state index contributed by atoms with van der Waals surface area (Å²) in [7, 11) is 1.66. The van der Waals surface area contributed by atoms with Crippen molar-refractivity contribution in [3.63, 3.8) is 0 Å². The van der Waals surface area contributed by atoms with Gasteiger partial charge in [-0.3, -0.25) is 4.79 Å². The van der Waals surface area contributed by atoms with E-state index < -0.39 is 5.97 Å². The van der Waals surface area contributed by atoms with Gasteiger partial charge in [-0.25, -0.2) is 0 Å². The maximum atomic E-state index is 10.8. The molecule has 0 saturated carbocycles. The first-order valence-electron chi connectivity index (χ1n) is 5.14. The molecular weight excluding hydrogens is 182 g/mol. The van der Waals surface area contributed by atoms with Crippen LogP contribution in [0.25, 0.3) is 0 Å². The molecule has 1 unspecified atom stereocenters. The van der Waals surface area contributed by atoms with Gasteiger partial charge in [-0.1, -0.05) is 6.42 Å². The summed E-state index contributed by atoms with van der Waals surface area (Å²) in [6.45, 7) is 1.28. The van der Waals surface area contributed by atoms with Crippen LogP contribution in [-0.2, 0) is 9.53 Å². The molecule has 0 spiro atoms. The molecule has 14 heavy (non-hydrogen) atoms. The zero-order valence-electron chi connectivity index (χ0n) is 8.87. The van der Waals surface area contributed by atoms with Crippen LogP contribution in [0.4, 0.5) is 0 Å². The first-order valence-corrected chi connectivity index (χ1v) is 5.14. The Morgan fingerprint density at radius 3 is 2.50 bits per heavy atom. The Hall–Kier alpha value is -0.610. The Morgan fingerprint density at radius 1 is 1.36 bits per heavy atom. The normalized spacial score (nSPS) is 12.7. The first-order chi connectivity index (χ1) is 6.72. The van der Waals surface area contributed by atoms with Crippen LogP contribution >= 0.6 is 0 Å². The molecule has 1 atom stereocenters. The summed E-state index contributed by atoms with van der Waals surface area (Å²) in [5.74, 6) is -0.925. The van der Waals surface area contributed by atoms with Crippen LogP contribution in [0.15, 0.2) is 0 Å². The Bertz CT molecular complexity index is 150. The highest BCUT2D eigenvalue weighted by atomic mass is 16.5. The van der Waals surface area contributed by atoms with E-state index in [1.165, 1.54) is 0 Å². The second-order valence-electron chi connectivity index (χ2n) is 3.45. The fraction of sp³-hybridized carbons (Fsp3) is 0.900. The lowest BCUT2D eigenvalue weighted by Crippen LogP contribution is -2.15. The van der Waals surface area contributed by atoms with Gasteiger partial charge in [0.15, 0.2) is 0 Å². The zero-order valence-corrected chi connectivity index (χ0v) is 8.87. The average molecular weight is 203 g/mol. The second kappa shape index (κ2) is 8.97. The molecule has 0 aliphatic rings. The van der Waals surface area contributed by atoms with Crippen LogP contribution in [0.5, 0.6) is 0 Å². The van der Waals surface area contributed by atoms with Gasteiger partial charge in [-0.05, 0) is 32.2 Å². The number of ether oxygens (including phenoxy) is 1. The molecule has 0 amide bonds. The molecule has 0 aliphatic heterocycles. The highest BCUT2D eigenvalue weighted by Crippen LogP contribution is 2.14. The Kier molecular flexibility index (Phi) is 8.57. The Balaban J connectivity index is 3.57. The number of aliphatic carboxylic acids is 1. The van der Waals surface area contributed by atoms with Crippen LogP contribution in [-0.4, -0.2) is 31.3 Å². The van der Waals surface area contributed by atoms with Crippen LogP contribution in [0.2, 0.25) is 0 Å². The molecule has 0 radical (unpaired) electrons. The van der Waals surface area contributed by atoms with Gasteiger partial charge in [-0.2, -0.15) is 0 Å². The van der Waals surface area contributed by atoms with Crippen molar-refractivity contribution in [2.75, 3.05) is 20.3 Å². The lowest BCUT2D eigenvalue weighted by atomic mass is 9.97. The molecule has 84 valence electrons. The fourth-order valence-corrected chi connectivity index (χ4v) is 1.39. The molecular formula is C10H21NO3. The maximum absolute atomic E-state index is 10.8. The first kappa shape index (κ1) is 13.4. The fourth-order valence-electron chi connectivity index (χ4n) is 1.39. The molecule has 0 rings (SSSR count). The van der Waals surface area contributed by atoms with Gasteiger partial charge in [0.25, 0.3) is 0 Å². The van der Waals surface area contributed by atoms with Gasteiger partial charge in [0.1, 0.15) is 0 Å². The maximum Gasteiger partial charge on any atom is 0.306 e. The van der Waals surface area contributed by atoms with Crippen molar-refractivity contribution in [1.29, 1.82) is 0 Å². The third-order valence-corrected chi connectivity index (χ3v) is 2.26. The molecule has 0 aromatic carbocycles. The summed E-state index contributed by atoms with van der Waals surface area (Å²) >= 11 is 0. The molecule has 0 fully saturated rings. The van der Waals surface area contributed by atoms with Crippen molar-refractivity contribution in [3.8, 4) is 0 Å². The number of carboxylic acids is 1. The number of unbranched alkanes of at least 4 members (excludes halogenated alkanes) is 1. The summed E-state index contributed by atoms with van der Waals surface area (Å²) in [5, 5.41) is 8.88. The molecule has 0 heterocycles. The number of hydrogen-bond donors (Lipinski definition) is 2. The Morgan fingerprint density at radius 2 is 2.00 bits per heavy atom. The summed E-state index contributed by atoms with van der Waals surface area (Å²) in [5.41, 5.74) is 5.34. The van der Waals surface area contributed by atoms with E-state index in [-0.39, 0.29) is 5.92 Å². The minimum atomic E-state index is -0.698. The van der Waals surface area contributed by atoms with Gasteiger partial charge in [0.05, 0.1) is 5.92 Å². The van der Waals surface area contributed by atoms with Crippen LogP contribution < -0.4 is 5.73 Å². The van der Waals surface area contributed by atoms with Crippen LogP contribution in [0.3, 0.4) is 0 Å². The van der Waals surface area contributed by atoms with Crippen molar-refractivity contribution < 1.29 is 14.6 Å². The number of carboxylic acid groups (broad SMARTS) is 1. The highest BCUT2D eigenvalue weighted by molar-refractivity contribution is 5.69. The van der Waals surface area contributed by atoms with E-state index in [1.807, 2.05) is 0 Å². The van der Waals surface area contributed by atoms with Gasteiger partial charge in [0, 0.05) is 13.7 Å². The summed E-state index contributed by atoms with van der Waals surface area (Å²) in [4.78, 5) is 10.8. The zero-order chi connectivity index (χ0) is 10.8. The number of methoxy groups -OCH3 is 1. The number of rotatable bonds is 9. The minimum Gasteiger partial charge on any atom is -0.481 e. The van der Waals surface area contributed by atoms with Crippen molar-refractivity contribution in [3.05, 3.63) is 0 Å². The molecule has 0 aromatic heterocycles. The number of carbonyl (C=O) groups is 1. The SMILES string of the molecule is COCCCCC(CCCN)C(=O)O.